The van der Waals surface area contributed by atoms with Crippen LogP contribution in [0, 0.1) is 11.7 Å². The molecule has 1 aromatic rings. The normalized spacial score (nSPS) is 15.3. The maximum Gasteiger partial charge on any atom is 0.416 e. The number of nitrogens with two attached hydrogens (primary N) is 1. The summed E-state index contributed by atoms with van der Waals surface area (Å²) in [5, 5.41) is 10.00. The Hall–Kier alpha value is -1.14. The molecule has 0 spiro atoms. The standard InChI is InChI=1S/C13H17F4NO/c1-2-3-8(7-18)12(19)10-6-9(13(15,16)17)4-5-11(10)14/h4-6,8,12,19H,2-3,7,18H2,1H3. The summed E-state index contributed by atoms with van der Waals surface area (Å²) < 4.78 is 51.3. The number of hydrogen-bond donors (Lipinski definition) is 2. The van der Waals surface area contributed by atoms with Crippen LogP contribution < -0.4 is 5.73 Å². The zero-order valence-corrected chi connectivity index (χ0v) is 10.5. The molecule has 0 aliphatic heterocycles. The van der Waals surface area contributed by atoms with Gasteiger partial charge < -0.3 is 10.8 Å². The van der Waals surface area contributed by atoms with Gasteiger partial charge in [-0.15, -0.1) is 0 Å². The highest BCUT2D eigenvalue weighted by Crippen LogP contribution is 2.34. The molecule has 108 valence electrons. The van der Waals surface area contributed by atoms with Crippen LogP contribution in [0.3, 0.4) is 0 Å². The predicted octanol–water partition coefficient (Wildman–Crippen LogP) is 3.25. The van der Waals surface area contributed by atoms with Gasteiger partial charge in [-0.1, -0.05) is 13.3 Å². The maximum absolute atomic E-state index is 13.6. The van der Waals surface area contributed by atoms with Crippen molar-refractivity contribution in [3.8, 4) is 0 Å². The van der Waals surface area contributed by atoms with E-state index in [1.165, 1.54) is 0 Å². The van der Waals surface area contributed by atoms with Crippen LogP contribution in [-0.4, -0.2) is 11.7 Å². The van der Waals surface area contributed by atoms with Crippen LogP contribution in [0.4, 0.5) is 17.6 Å². The third-order valence-electron chi connectivity index (χ3n) is 3.05. The van der Waals surface area contributed by atoms with Crippen molar-refractivity contribution in [1.29, 1.82) is 0 Å². The van der Waals surface area contributed by atoms with Gasteiger partial charge in [-0.3, -0.25) is 0 Å². The van der Waals surface area contributed by atoms with Gasteiger partial charge in [0, 0.05) is 11.5 Å². The largest absolute Gasteiger partial charge is 0.416 e. The lowest BCUT2D eigenvalue weighted by atomic mass is 9.91. The minimum atomic E-state index is -4.56. The Kier molecular flexibility index (Phi) is 5.31. The van der Waals surface area contributed by atoms with Gasteiger partial charge in [-0.25, -0.2) is 4.39 Å². The van der Waals surface area contributed by atoms with Gasteiger partial charge in [0.2, 0.25) is 0 Å². The lowest BCUT2D eigenvalue weighted by molar-refractivity contribution is -0.137. The summed E-state index contributed by atoms with van der Waals surface area (Å²) in [5.41, 5.74) is 4.14. The molecule has 0 aromatic heterocycles. The van der Waals surface area contributed by atoms with Crippen LogP contribution in [0.2, 0.25) is 0 Å². The first-order chi connectivity index (χ1) is 8.81. The molecular formula is C13H17F4NO. The Balaban J connectivity index is 3.11. The minimum Gasteiger partial charge on any atom is -0.388 e. The molecule has 0 saturated carbocycles. The lowest BCUT2D eigenvalue weighted by Gasteiger charge is -2.22. The molecule has 1 aromatic carbocycles. The van der Waals surface area contributed by atoms with Crippen LogP contribution in [-0.2, 0) is 6.18 Å². The third-order valence-corrected chi connectivity index (χ3v) is 3.05. The molecule has 0 fully saturated rings. The van der Waals surface area contributed by atoms with Crippen molar-refractivity contribution in [2.75, 3.05) is 6.54 Å². The highest BCUT2D eigenvalue weighted by molar-refractivity contribution is 5.29. The molecule has 6 heteroatoms. The quantitative estimate of drug-likeness (QED) is 0.813. The van der Waals surface area contributed by atoms with Crippen LogP contribution in [0.5, 0.6) is 0 Å². The summed E-state index contributed by atoms with van der Waals surface area (Å²) in [5.74, 6) is -1.31. The van der Waals surface area contributed by atoms with E-state index < -0.39 is 29.6 Å². The second-order valence-electron chi connectivity index (χ2n) is 4.46. The van der Waals surface area contributed by atoms with Crippen LogP contribution in [0.15, 0.2) is 18.2 Å². The van der Waals surface area contributed by atoms with E-state index in [0.717, 1.165) is 6.07 Å². The summed E-state index contributed by atoms with van der Waals surface area (Å²) in [6.07, 6.45) is -4.66. The molecule has 19 heavy (non-hydrogen) atoms. The van der Waals surface area contributed by atoms with E-state index in [-0.39, 0.29) is 12.1 Å². The first kappa shape index (κ1) is 15.9. The van der Waals surface area contributed by atoms with Crippen LogP contribution in [0.25, 0.3) is 0 Å². The molecule has 0 radical (unpaired) electrons. The second kappa shape index (κ2) is 6.34. The van der Waals surface area contributed by atoms with E-state index >= 15 is 0 Å². The minimum absolute atomic E-state index is 0.0880. The van der Waals surface area contributed by atoms with Gasteiger partial charge >= 0.3 is 6.18 Å². The summed E-state index contributed by atoms with van der Waals surface area (Å²) in [4.78, 5) is 0. The van der Waals surface area contributed by atoms with E-state index in [0.29, 0.717) is 25.0 Å². The molecule has 0 amide bonds. The topological polar surface area (TPSA) is 46.2 Å². The number of rotatable bonds is 5. The number of hydrogen-bond acceptors (Lipinski definition) is 2. The fraction of sp³-hybridized carbons (Fsp3) is 0.538. The van der Waals surface area contributed by atoms with Crippen molar-refractivity contribution < 1.29 is 22.7 Å². The number of benzene rings is 1. The molecule has 2 nitrogen and oxygen atoms in total. The predicted molar refractivity (Wildman–Crippen MR) is 63.8 cm³/mol. The monoisotopic (exact) mass is 279 g/mol. The summed E-state index contributed by atoms with van der Waals surface area (Å²) in [6, 6.07) is 2.03. The molecule has 2 atom stereocenters. The number of aliphatic hydroxyl groups excluding tert-OH is 1. The van der Waals surface area contributed by atoms with Crippen molar-refractivity contribution in [3.63, 3.8) is 0 Å². The second-order valence-corrected chi connectivity index (χ2v) is 4.46. The first-order valence-corrected chi connectivity index (χ1v) is 6.06. The summed E-state index contributed by atoms with van der Waals surface area (Å²) in [7, 11) is 0. The smallest absolute Gasteiger partial charge is 0.388 e. The summed E-state index contributed by atoms with van der Waals surface area (Å²) >= 11 is 0. The van der Waals surface area contributed by atoms with Gasteiger partial charge in [0.15, 0.2) is 0 Å². The highest BCUT2D eigenvalue weighted by atomic mass is 19.4. The van der Waals surface area contributed by atoms with Gasteiger partial charge in [0.05, 0.1) is 11.7 Å². The summed E-state index contributed by atoms with van der Waals surface area (Å²) in [6.45, 7) is 1.95. The van der Waals surface area contributed by atoms with E-state index in [2.05, 4.69) is 0 Å². The zero-order chi connectivity index (χ0) is 14.6. The van der Waals surface area contributed by atoms with Gasteiger partial charge in [0.25, 0.3) is 0 Å². The molecule has 0 saturated heterocycles. The van der Waals surface area contributed by atoms with Gasteiger partial charge in [-0.05, 0) is 31.2 Å². The Morgan fingerprint density at radius 2 is 1.95 bits per heavy atom. The molecular weight excluding hydrogens is 262 g/mol. The van der Waals surface area contributed by atoms with E-state index in [4.69, 9.17) is 5.73 Å². The number of halogens is 4. The fourth-order valence-corrected chi connectivity index (χ4v) is 1.98. The molecule has 0 heterocycles. The fourth-order valence-electron chi connectivity index (χ4n) is 1.98. The molecule has 3 N–H and O–H groups in total. The Morgan fingerprint density at radius 3 is 2.42 bits per heavy atom. The number of aliphatic hydroxyl groups is 1. The Bertz CT molecular complexity index is 420. The number of alkyl halides is 3. The third kappa shape index (κ3) is 3.91. The SMILES string of the molecule is CCCC(CN)C(O)c1cc(C(F)(F)F)ccc1F. The van der Waals surface area contributed by atoms with Crippen LogP contribution >= 0.6 is 0 Å². The molecule has 2 unspecified atom stereocenters. The zero-order valence-electron chi connectivity index (χ0n) is 10.5. The first-order valence-electron chi connectivity index (χ1n) is 6.06. The lowest BCUT2D eigenvalue weighted by Crippen LogP contribution is -2.23. The van der Waals surface area contributed by atoms with Crippen LogP contribution in [0.1, 0.15) is 37.0 Å². The van der Waals surface area contributed by atoms with Crippen molar-refractivity contribution in [2.45, 2.75) is 32.0 Å². The van der Waals surface area contributed by atoms with Gasteiger partial charge in [0.1, 0.15) is 5.82 Å². The van der Waals surface area contributed by atoms with Gasteiger partial charge in [-0.2, -0.15) is 13.2 Å². The maximum atomic E-state index is 13.6. The average Bonchev–Trinajstić information content (AvgIpc) is 2.34. The molecule has 0 aliphatic rings. The average molecular weight is 279 g/mol. The highest BCUT2D eigenvalue weighted by Gasteiger charge is 2.32. The van der Waals surface area contributed by atoms with Crippen molar-refractivity contribution in [1.82, 2.24) is 0 Å². The molecule has 1 rings (SSSR count). The van der Waals surface area contributed by atoms with Crippen molar-refractivity contribution in [2.24, 2.45) is 11.7 Å². The molecule has 0 aliphatic carbocycles. The van der Waals surface area contributed by atoms with E-state index in [1.54, 1.807) is 0 Å². The Labute approximate surface area is 109 Å². The van der Waals surface area contributed by atoms with E-state index in [9.17, 15) is 22.7 Å². The van der Waals surface area contributed by atoms with Crippen molar-refractivity contribution in [3.05, 3.63) is 35.1 Å². The van der Waals surface area contributed by atoms with Crippen molar-refractivity contribution >= 4 is 0 Å². The Morgan fingerprint density at radius 1 is 1.32 bits per heavy atom. The van der Waals surface area contributed by atoms with E-state index in [1.807, 2.05) is 6.92 Å². The molecule has 0 bridgehead atoms.